The number of urea groups is 1. The van der Waals surface area contributed by atoms with Gasteiger partial charge in [-0.1, -0.05) is 51.9 Å². The maximum absolute atomic E-state index is 14.9. The summed E-state index contributed by atoms with van der Waals surface area (Å²) in [4.78, 5) is 30.5. The van der Waals surface area contributed by atoms with Gasteiger partial charge in [0.25, 0.3) is 10.0 Å². The number of rotatable bonds is 11. The number of aryl methyl sites for hydroxylation is 1. The van der Waals surface area contributed by atoms with Crippen molar-refractivity contribution in [2.45, 2.75) is 30.8 Å². The molecule has 0 N–H and O–H groups in total. The summed E-state index contributed by atoms with van der Waals surface area (Å²) in [6.07, 6.45) is 1.21. The third kappa shape index (κ3) is 8.28. The molecule has 1 saturated heterocycles. The van der Waals surface area contributed by atoms with E-state index in [0.29, 0.717) is 59.6 Å². The molecular weight excluding hydrogens is 725 g/mol. The second kappa shape index (κ2) is 15.6. The van der Waals surface area contributed by atoms with E-state index in [1.54, 1.807) is 47.1 Å². The van der Waals surface area contributed by atoms with Gasteiger partial charge in [-0.15, -0.1) is 0 Å². The Labute approximate surface area is 304 Å². The highest BCUT2D eigenvalue weighted by atomic mass is 35.5. The van der Waals surface area contributed by atoms with Crippen LogP contribution in [0.15, 0.2) is 70.6 Å². The van der Waals surface area contributed by atoms with Crippen molar-refractivity contribution in [1.29, 1.82) is 0 Å². The molecule has 0 radical (unpaired) electrons. The van der Waals surface area contributed by atoms with Crippen LogP contribution in [0.5, 0.6) is 5.75 Å². The predicted molar refractivity (Wildman–Crippen MR) is 194 cm³/mol. The monoisotopic (exact) mass is 765 g/mol. The van der Waals surface area contributed by atoms with Gasteiger partial charge in [0.1, 0.15) is 27.5 Å². The van der Waals surface area contributed by atoms with Gasteiger partial charge >= 0.3 is 6.03 Å². The molecule has 0 saturated carbocycles. The van der Waals surface area contributed by atoms with Crippen molar-refractivity contribution in [3.8, 4) is 5.75 Å². The molecule has 2 atom stereocenters. The Morgan fingerprint density at radius 3 is 2.06 bits per heavy atom. The summed E-state index contributed by atoms with van der Waals surface area (Å²) in [5.74, 6) is 0.620. The van der Waals surface area contributed by atoms with Crippen LogP contribution in [0, 0.1) is 6.92 Å². The fourth-order valence-corrected chi connectivity index (χ4v) is 8.14. The molecule has 50 heavy (non-hydrogen) atoms. The van der Waals surface area contributed by atoms with Crippen molar-refractivity contribution in [3.63, 3.8) is 0 Å². The number of amidine groups is 1. The summed E-state index contributed by atoms with van der Waals surface area (Å²) in [6.45, 7) is 5.77. The van der Waals surface area contributed by atoms with Gasteiger partial charge in [0.2, 0.25) is 0 Å². The normalized spacial score (nSPS) is 18.8. The zero-order valence-corrected chi connectivity index (χ0v) is 31.7. The van der Waals surface area contributed by atoms with E-state index in [0.717, 1.165) is 15.6 Å². The Kier molecular flexibility index (Phi) is 11.8. The lowest BCUT2D eigenvalue weighted by atomic mass is 9.93. The average molecular weight is 767 g/mol. The van der Waals surface area contributed by atoms with Gasteiger partial charge in [-0.3, -0.25) is 19.6 Å². The number of hydroxylamine groups is 1. The summed E-state index contributed by atoms with van der Waals surface area (Å²) in [5.41, 5.74) is 2.28. The van der Waals surface area contributed by atoms with Crippen molar-refractivity contribution < 1.29 is 31.2 Å². The van der Waals surface area contributed by atoms with E-state index in [2.05, 4.69) is 0 Å². The number of nitrogens with zero attached hydrogens (tertiary/aromatic N) is 5. The van der Waals surface area contributed by atoms with Crippen LogP contribution in [-0.2, 0) is 24.7 Å². The third-order valence-electron chi connectivity index (χ3n) is 8.81. The summed E-state index contributed by atoms with van der Waals surface area (Å²) in [5, 5.41) is 1.06. The molecule has 0 spiro atoms. The van der Waals surface area contributed by atoms with E-state index < -0.39 is 31.9 Å². The van der Waals surface area contributed by atoms with Gasteiger partial charge < -0.3 is 9.64 Å². The van der Waals surface area contributed by atoms with Crippen LogP contribution in [0.25, 0.3) is 0 Å². The van der Waals surface area contributed by atoms with E-state index in [1.165, 1.54) is 26.5 Å². The van der Waals surface area contributed by atoms with E-state index in [4.69, 9.17) is 37.8 Å². The summed E-state index contributed by atoms with van der Waals surface area (Å²) < 4.78 is 57.7. The fourth-order valence-electron chi connectivity index (χ4n) is 6.09. The number of sulfone groups is 1. The number of carbonyl (C=O) groups is 1. The SMILES string of the molecule is CCOc1cc(C)c(S(=O)(=O)N(C)OC)cc1C1=N[C@@H](c2ccc(Cl)cc2)[C@@H](c2ccc(Cl)cc2)N1C(=O)N1CCN(CCS(C)(=O)=O)CC1. The maximum Gasteiger partial charge on any atom is 0.326 e. The molecule has 12 nitrogen and oxygen atoms in total. The Balaban J connectivity index is 1.68. The smallest absolute Gasteiger partial charge is 0.326 e. The highest BCUT2D eigenvalue weighted by Gasteiger charge is 2.45. The minimum atomic E-state index is -4.12. The van der Waals surface area contributed by atoms with Crippen molar-refractivity contribution >= 4 is 54.9 Å². The minimum Gasteiger partial charge on any atom is -0.493 e. The number of hydrogen-bond donors (Lipinski definition) is 0. The van der Waals surface area contributed by atoms with E-state index >= 15 is 0 Å². The van der Waals surface area contributed by atoms with E-state index in [9.17, 15) is 21.6 Å². The van der Waals surface area contributed by atoms with Gasteiger partial charge in [-0.25, -0.2) is 21.6 Å². The van der Waals surface area contributed by atoms with Gasteiger partial charge in [0.05, 0.1) is 36.0 Å². The van der Waals surface area contributed by atoms with E-state index in [1.807, 2.05) is 36.1 Å². The molecule has 5 rings (SSSR count). The van der Waals surface area contributed by atoms with Crippen molar-refractivity contribution in [2.75, 3.05) is 65.5 Å². The van der Waals surface area contributed by atoms with Gasteiger partial charge in [0, 0.05) is 56.1 Å². The van der Waals surface area contributed by atoms with E-state index in [-0.39, 0.29) is 29.1 Å². The molecule has 3 aromatic carbocycles. The summed E-state index contributed by atoms with van der Waals surface area (Å²) in [7, 11) is -4.69. The minimum absolute atomic E-state index is 0.0302. The molecule has 0 bridgehead atoms. The maximum atomic E-state index is 14.9. The van der Waals surface area contributed by atoms with Gasteiger partial charge in [-0.2, -0.15) is 0 Å². The number of ether oxygens (including phenoxy) is 1. The largest absolute Gasteiger partial charge is 0.493 e. The number of halogens is 2. The Bertz CT molecular complexity index is 1950. The van der Waals surface area contributed by atoms with Gasteiger partial charge in [-0.05, 0) is 66.9 Å². The number of benzene rings is 3. The van der Waals surface area contributed by atoms with Crippen molar-refractivity contribution in [1.82, 2.24) is 19.2 Å². The van der Waals surface area contributed by atoms with Crippen LogP contribution < -0.4 is 4.74 Å². The van der Waals surface area contributed by atoms with Crippen LogP contribution in [0.3, 0.4) is 0 Å². The zero-order valence-electron chi connectivity index (χ0n) is 28.5. The molecule has 2 amide bonds. The first-order chi connectivity index (χ1) is 23.6. The zero-order chi connectivity index (χ0) is 36.4. The second-order valence-electron chi connectivity index (χ2n) is 12.2. The molecule has 2 heterocycles. The summed E-state index contributed by atoms with van der Waals surface area (Å²) >= 11 is 12.6. The second-order valence-corrected chi connectivity index (χ2v) is 17.2. The van der Waals surface area contributed by atoms with Crippen molar-refractivity contribution in [3.05, 3.63) is 93.0 Å². The Morgan fingerprint density at radius 2 is 1.52 bits per heavy atom. The predicted octanol–water partition coefficient (Wildman–Crippen LogP) is 5.21. The van der Waals surface area contributed by atoms with Crippen LogP contribution in [0.4, 0.5) is 4.79 Å². The van der Waals surface area contributed by atoms with Crippen LogP contribution in [-0.4, -0.2) is 113 Å². The Hall–Kier alpha value is -3.24. The lowest BCUT2D eigenvalue weighted by molar-refractivity contribution is -0.0259. The highest BCUT2D eigenvalue weighted by Crippen LogP contribution is 2.46. The standard InChI is InChI=1S/C34H41Cl2N5O7S2/c1-6-48-29-21-23(2)30(50(45,46)38(3)47-4)22-28(29)33-37-31(24-7-11-26(35)12-8-24)32(25-9-13-27(36)14-10-25)41(33)34(42)40-17-15-39(16-18-40)19-20-49(5,43)44/h7-14,21-22,31-32H,6,15-20H2,1-5H3/t31-,32+/m0/s1. The van der Waals surface area contributed by atoms with Crippen LogP contribution >= 0.6 is 23.2 Å². The van der Waals surface area contributed by atoms with Crippen molar-refractivity contribution in [2.24, 2.45) is 4.99 Å². The number of aliphatic imine (C=N–C) groups is 1. The Morgan fingerprint density at radius 1 is 0.940 bits per heavy atom. The molecule has 2 aliphatic heterocycles. The molecular formula is C34H41Cl2N5O7S2. The third-order valence-corrected chi connectivity index (χ3v) is 12.1. The molecule has 2 aliphatic rings. The molecule has 16 heteroatoms. The molecule has 1 fully saturated rings. The first-order valence-corrected chi connectivity index (χ1v) is 20.3. The van der Waals surface area contributed by atoms with Gasteiger partial charge in [0.15, 0.2) is 0 Å². The van der Waals surface area contributed by atoms with Crippen LogP contribution in [0.1, 0.15) is 41.3 Å². The molecule has 0 aliphatic carbocycles. The number of amides is 2. The highest BCUT2D eigenvalue weighted by molar-refractivity contribution is 7.90. The number of carbonyl (C=O) groups excluding carboxylic acids is 1. The first kappa shape index (κ1) is 38.0. The lowest BCUT2D eigenvalue weighted by Crippen LogP contribution is -2.54. The van der Waals surface area contributed by atoms with Crippen LogP contribution in [0.2, 0.25) is 10.0 Å². The number of piperazine rings is 1. The summed E-state index contributed by atoms with van der Waals surface area (Å²) in [6, 6.07) is 15.9. The first-order valence-electron chi connectivity index (χ1n) is 16.0. The molecule has 0 aromatic heterocycles. The fraction of sp³-hybridized carbons (Fsp3) is 0.412. The molecule has 3 aromatic rings. The number of hydrogen-bond acceptors (Lipinski definition) is 9. The molecule has 0 unspecified atom stereocenters. The molecule has 270 valence electrons. The average Bonchev–Trinajstić information content (AvgIpc) is 3.47. The number of sulfonamides is 1. The quantitative estimate of drug-likeness (QED) is 0.244. The topological polar surface area (TPSA) is 129 Å². The lowest BCUT2D eigenvalue weighted by Gasteiger charge is -2.39.